The molecule has 90 valence electrons. The maximum absolute atomic E-state index is 11.7. The van der Waals surface area contributed by atoms with Crippen LogP contribution in [0.15, 0.2) is 0 Å². The number of methoxy groups -OCH3 is 1. The summed E-state index contributed by atoms with van der Waals surface area (Å²) in [5.74, 6) is 4.08. The first-order chi connectivity index (χ1) is 6.90. The third-order valence-electron chi connectivity index (χ3n) is 1.46. The quantitative estimate of drug-likeness (QED) is 0.381. The monoisotopic (exact) mass is 230 g/mol. The van der Waals surface area contributed by atoms with Crippen molar-refractivity contribution in [3.8, 4) is 0 Å². The van der Waals surface area contributed by atoms with E-state index in [-0.39, 0.29) is 6.61 Å². The second-order valence-electron chi connectivity index (χ2n) is 2.69. The summed E-state index contributed by atoms with van der Waals surface area (Å²) >= 11 is 0. The maximum atomic E-state index is 11.7. The van der Waals surface area contributed by atoms with Crippen molar-refractivity contribution in [2.24, 2.45) is 5.84 Å². The second kappa shape index (κ2) is 6.59. The van der Waals surface area contributed by atoms with E-state index >= 15 is 0 Å². The standard InChI is InChI=1S/C7H13F3N2O3/c1-14-4-5(6(13)12-11)15-3-2-7(8,9)10/h5H,2-4,11H2,1H3,(H,12,13). The lowest BCUT2D eigenvalue weighted by molar-refractivity contribution is -0.158. The van der Waals surface area contributed by atoms with Gasteiger partial charge in [0.2, 0.25) is 0 Å². The first kappa shape index (κ1) is 14.1. The predicted octanol–water partition coefficient (Wildman–Crippen LogP) is -0.0397. The van der Waals surface area contributed by atoms with Gasteiger partial charge in [-0.15, -0.1) is 0 Å². The number of hydrogen-bond acceptors (Lipinski definition) is 4. The molecular weight excluding hydrogens is 217 g/mol. The SMILES string of the molecule is COCC(OCCC(F)(F)F)C(=O)NN. The van der Waals surface area contributed by atoms with Crippen LogP contribution in [0, 0.1) is 0 Å². The Labute approximate surface area is 84.7 Å². The lowest BCUT2D eigenvalue weighted by Gasteiger charge is -2.15. The van der Waals surface area contributed by atoms with E-state index in [0.29, 0.717) is 0 Å². The number of halogens is 3. The van der Waals surface area contributed by atoms with E-state index in [4.69, 9.17) is 5.84 Å². The van der Waals surface area contributed by atoms with Gasteiger partial charge >= 0.3 is 6.18 Å². The summed E-state index contributed by atoms with van der Waals surface area (Å²) < 4.78 is 44.5. The molecule has 0 aliphatic carbocycles. The van der Waals surface area contributed by atoms with Crippen LogP contribution in [0.3, 0.4) is 0 Å². The molecule has 0 aliphatic rings. The molecule has 0 saturated carbocycles. The molecule has 0 fully saturated rings. The molecule has 0 aromatic heterocycles. The Balaban J connectivity index is 3.91. The molecule has 15 heavy (non-hydrogen) atoms. The third kappa shape index (κ3) is 7.11. The molecule has 5 nitrogen and oxygen atoms in total. The number of hydrogen-bond donors (Lipinski definition) is 2. The molecule has 0 spiro atoms. The Morgan fingerprint density at radius 3 is 2.53 bits per heavy atom. The molecule has 0 radical (unpaired) electrons. The van der Waals surface area contributed by atoms with E-state index in [9.17, 15) is 18.0 Å². The van der Waals surface area contributed by atoms with Gasteiger partial charge in [-0.2, -0.15) is 13.2 Å². The highest BCUT2D eigenvalue weighted by molar-refractivity contribution is 5.80. The van der Waals surface area contributed by atoms with Crippen molar-refractivity contribution in [2.75, 3.05) is 20.3 Å². The molecule has 3 N–H and O–H groups in total. The third-order valence-corrected chi connectivity index (χ3v) is 1.46. The number of hydrazine groups is 1. The molecule has 0 aromatic rings. The highest BCUT2D eigenvalue weighted by Crippen LogP contribution is 2.19. The summed E-state index contributed by atoms with van der Waals surface area (Å²) in [4.78, 5) is 10.9. The van der Waals surface area contributed by atoms with Gasteiger partial charge in [0.1, 0.15) is 0 Å². The van der Waals surface area contributed by atoms with Crippen LogP contribution in [0.1, 0.15) is 6.42 Å². The summed E-state index contributed by atoms with van der Waals surface area (Å²) in [7, 11) is 1.30. The zero-order valence-corrected chi connectivity index (χ0v) is 8.13. The van der Waals surface area contributed by atoms with Gasteiger partial charge < -0.3 is 9.47 Å². The van der Waals surface area contributed by atoms with Gasteiger partial charge in [-0.05, 0) is 0 Å². The smallest absolute Gasteiger partial charge is 0.381 e. The van der Waals surface area contributed by atoms with Crippen LogP contribution in [0.4, 0.5) is 13.2 Å². The van der Waals surface area contributed by atoms with Crippen LogP contribution in [-0.4, -0.2) is 38.5 Å². The summed E-state index contributed by atoms with van der Waals surface area (Å²) in [6.07, 6.45) is -6.55. The normalized spacial score (nSPS) is 13.7. The molecule has 8 heteroatoms. The molecule has 0 saturated heterocycles. The van der Waals surface area contributed by atoms with E-state index < -0.39 is 31.2 Å². The van der Waals surface area contributed by atoms with Gasteiger partial charge in [-0.1, -0.05) is 0 Å². The van der Waals surface area contributed by atoms with E-state index in [1.165, 1.54) is 7.11 Å². The summed E-state index contributed by atoms with van der Waals surface area (Å²) in [5, 5.41) is 0. The minimum Gasteiger partial charge on any atom is -0.381 e. The van der Waals surface area contributed by atoms with E-state index in [1.807, 2.05) is 0 Å². The Morgan fingerprint density at radius 1 is 1.53 bits per heavy atom. The van der Waals surface area contributed by atoms with Gasteiger partial charge in [0, 0.05) is 7.11 Å². The Kier molecular flexibility index (Phi) is 6.21. The lowest BCUT2D eigenvalue weighted by atomic mass is 10.3. The average Bonchev–Trinajstić information content (AvgIpc) is 2.13. The number of amides is 1. The van der Waals surface area contributed by atoms with Crippen LogP contribution in [0.25, 0.3) is 0 Å². The van der Waals surface area contributed by atoms with Crippen LogP contribution in [0.5, 0.6) is 0 Å². The highest BCUT2D eigenvalue weighted by Gasteiger charge is 2.28. The van der Waals surface area contributed by atoms with Gasteiger partial charge in [0.15, 0.2) is 6.10 Å². The number of nitrogens with two attached hydrogens (primary N) is 1. The van der Waals surface area contributed by atoms with E-state index in [0.717, 1.165) is 0 Å². The molecule has 0 rings (SSSR count). The highest BCUT2D eigenvalue weighted by atomic mass is 19.4. The number of carbonyl (C=O) groups excluding carboxylic acids is 1. The fourth-order valence-electron chi connectivity index (χ4n) is 0.761. The molecule has 1 unspecified atom stereocenters. The van der Waals surface area contributed by atoms with Gasteiger partial charge in [0.25, 0.3) is 5.91 Å². The first-order valence-corrected chi connectivity index (χ1v) is 4.08. The van der Waals surface area contributed by atoms with Crippen molar-refractivity contribution >= 4 is 5.91 Å². The van der Waals surface area contributed by atoms with Gasteiger partial charge in [0.05, 0.1) is 19.6 Å². The Morgan fingerprint density at radius 2 is 2.13 bits per heavy atom. The largest absolute Gasteiger partial charge is 0.391 e. The van der Waals surface area contributed by atoms with Gasteiger partial charge in [-0.25, -0.2) is 5.84 Å². The maximum Gasteiger partial charge on any atom is 0.391 e. The van der Waals surface area contributed by atoms with E-state index in [2.05, 4.69) is 9.47 Å². The zero-order chi connectivity index (χ0) is 11.9. The molecule has 0 aliphatic heterocycles. The topological polar surface area (TPSA) is 73.6 Å². The van der Waals surface area contributed by atoms with Crippen LogP contribution in [-0.2, 0) is 14.3 Å². The number of alkyl halides is 3. The minimum absolute atomic E-state index is 0.152. The molecule has 0 aromatic carbocycles. The molecular formula is C7H13F3N2O3. The number of carbonyl (C=O) groups is 1. The van der Waals surface area contributed by atoms with Gasteiger partial charge in [-0.3, -0.25) is 10.2 Å². The molecule has 0 bridgehead atoms. The Bertz CT molecular complexity index is 198. The van der Waals surface area contributed by atoms with Crippen molar-refractivity contribution in [2.45, 2.75) is 18.7 Å². The van der Waals surface area contributed by atoms with Crippen molar-refractivity contribution in [1.82, 2.24) is 5.43 Å². The van der Waals surface area contributed by atoms with Crippen molar-refractivity contribution in [1.29, 1.82) is 0 Å². The Hall–Kier alpha value is -0.860. The fraction of sp³-hybridized carbons (Fsp3) is 0.857. The summed E-state index contributed by atoms with van der Waals surface area (Å²) in [6, 6.07) is 0. The minimum atomic E-state index is -4.31. The van der Waals surface area contributed by atoms with Crippen molar-refractivity contribution < 1.29 is 27.4 Å². The first-order valence-electron chi connectivity index (χ1n) is 4.08. The number of ether oxygens (including phenoxy) is 2. The molecule has 1 amide bonds. The second-order valence-corrected chi connectivity index (χ2v) is 2.69. The molecule has 1 atom stereocenters. The summed E-state index contributed by atoms with van der Waals surface area (Å²) in [6.45, 7) is -0.758. The van der Waals surface area contributed by atoms with Crippen LogP contribution in [0.2, 0.25) is 0 Å². The number of rotatable bonds is 6. The summed E-state index contributed by atoms with van der Waals surface area (Å²) in [5.41, 5.74) is 1.77. The average molecular weight is 230 g/mol. The zero-order valence-electron chi connectivity index (χ0n) is 8.13. The van der Waals surface area contributed by atoms with Crippen LogP contribution >= 0.6 is 0 Å². The lowest BCUT2D eigenvalue weighted by Crippen LogP contribution is -2.43. The van der Waals surface area contributed by atoms with Crippen LogP contribution < -0.4 is 11.3 Å². The number of nitrogens with one attached hydrogen (secondary N) is 1. The predicted molar refractivity (Wildman–Crippen MR) is 44.6 cm³/mol. The van der Waals surface area contributed by atoms with E-state index in [1.54, 1.807) is 5.43 Å². The van der Waals surface area contributed by atoms with Crippen molar-refractivity contribution in [3.05, 3.63) is 0 Å². The van der Waals surface area contributed by atoms with Crippen molar-refractivity contribution in [3.63, 3.8) is 0 Å². The molecule has 0 heterocycles. The fourth-order valence-corrected chi connectivity index (χ4v) is 0.761.